The number of thioether (sulfide) groups is 1. The van der Waals surface area contributed by atoms with Gasteiger partial charge in [0, 0.05) is 29.6 Å². The van der Waals surface area contributed by atoms with E-state index in [9.17, 15) is 9.90 Å². The third kappa shape index (κ3) is 3.53. The number of halogens is 2. The Labute approximate surface area is 163 Å². The molecule has 3 aromatic rings. The molecule has 10 heteroatoms. The molecule has 0 aliphatic carbocycles. The summed E-state index contributed by atoms with van der Waals surface area (Å²) in [6, 6.07) is 8.26. The maximum absolute atomic E-state index is 12.2. The zero-order valence-corrected chi connectivity index (χ0v) is 16.1. The monoisotopic (exact) mass is 412 g/mol. The summed E-state index contributed by atoms with van der Waals surface area (Å²) in [5.41, 5.74) is 0.953. The summed E-state index contributed by atoms with van der Waals surface area (Å²) in [6.07, 6.45) is 1.92. The van der Waals surface area contributed by atoms with E-state index in [2.05, 4.69) is 10.4 Å². The minimum absolute atomic E-state index is 0.121. The summed E-state index contributed by atoms with van der Waals surface area (Å²) in [4.78, 5) is 13.1. The number of hydrogen-bond acceptors (Lipinski definition) is 6. The minimum atomic E-state index is -0.366. The molecule has 0 atom stereocenters. The van der Waals surface area contributed by atoms with E-state index in [1.807, 2.05) is 18.4 Å². The van der Waals surface area contributed by atoms with Gasteiger partial charge in [0.2, 0.25) is 0 Å². The molecular formula is C16H14Cl2N4O3S. The zero-order chi connectivity index (χ0) is 18.8. The molecule has 1 aromatic heterocycles. The Hall–Kier alpha value is -2.16. The van der Waals surface area contributed by atoms with E-state index in [4.69, 9.17) is 27.9 Å². The van der Waals surface area contributed by atoms with Gasteiger partial charge in [-0.3, -0.25) is 0 Å². The van der Waals surface area contributed by atoms with Crippen molar-refractivity contribution in [2.75, 3.05) is 6.26 Å². The summed E-state index contributed by atoms with van der Waals surface area (Å²) in [7, 11) is 1.53. The summed E-state index contributed by atoms with van der Waals surface area (Å²) in [6.45, 7) is 0.121. The van der Waals surface area contributed by atoms with Crippen LogP contribution in [-0.4, -0.2) is 31.2 Å². The van der Waals surface area contributed by atoms with Gasteiger partial charge in [0.05, 0.1) is 15.7 Å². The van der Waals surface area contributed by atoms with Crippen LogP contribution in [0.4, 0.5) is 0 Å². The predicted octanol–water partition coefficient (Wildman–Crippen LogP) is 3.28. The molecule has 0 aliphatic heterocycles. The number of hydrogen-bond donors (Lipinski definition) is 1. The first kappa shape index (κ1) is 18.6. The van der Waals surface area contributed by atoms with Crippen LogP contribution in [0.25, 0.3) is 5.69 Å². The van der Waals surface area contributed by atoms with E-state index in [1.165, 1.54) is 35.6 Å². The normalized spacial score (nSPS) is 10.9. The lowest BCUT2D eigenvalue weighted by Gasteiger charge is -2.15. The number of phenols is 1. The van der Waals surface area contributed by atoms with Crippen LogP contribution in [0.2, 0.25) is 10.0 Å². The van der Waals surface area contributed by atoms with Gasteiger partial charge >= 0.3 is 5.69 Å². The van der Waals surface area contributed by atoms with Crippen LogP contribution < -0.4 is 10.4 Å². The van der Waals surface area contributed by atoms with E-state index < -0.39 is 0 Å². The lowest BCUT2D eigenvalue weighted by atomic mass is 10.2. The van der Waals surface area contributed by atoms with Crippen LogP contribution >= 0.6 is 35.0 Å². The average molecular weight is 413 g/mol. The van der Waals surface area contributed by atoms with Crippen LogP contribution in [-0.2, 0) is 13.7 Å². The topological polar surface area (TPSA) is 82.2 Å². The third-order valence-corrected chi connectivity index (χ3v) is 5.07. The Morgan fingerprint density at radius 3 is 2.65 bits per heavy atom. The number of rotatable bonds is 5. The molecule has 26 heavy (non-hydrogen) atoms. The van der Waals surface area contributed by atoms with Gasteiger partial charge in [-0.1, -0.05) is 29.3 Å². The van der Waals surface area contributed by atoms with Gasteiger partial charge in [-0.25, -0.2) is 4.79 Å². The number of ether oxygens (including phenoxy) is 1. The lowest BCUT2D eigenvalue weighted by Crippen LogP contribution is -2.23. The molecule has 0 spiro atoms. The fourth-order valence-corrected chi connectivity index (χ4v) is 3.32. The maximum atomic E-state index is 12.2. The van der Waals surface area contributed by atoms with Gasteiger partial charge in [0.1, 0.15) is 18.1 Å². The Morgan fingerprint density at radius 2 is 2.00 bits per heavy atom. The number of tetrazole rings is 1. The van der Waals surface area contributed by atoms with Crippen molar-refractivity contribution in [1.29, 1.82) is 0 Å². The van der Waals surface area contributed by atoms with Gasteiger partial charge in [-0.05, 0) is 28.8 Å². The van der Waals surface area contributed by atoms with Crippen molar-refractivity contribution in [2.45, 2.75) is 11.5 Å². The van der Waals surface area contributed by atoms with Crippen molar-refractivity contribution in [1.82, 2.24) is 19.8 Å². The Kier molecular flexibility index (Phi) is 5.45. The van der Waals surface area contributed by atoms with Gasteiger partial charge in [-0.15, -0.1) is 11.8 Å². The SMILES string of the molecule is CSc1cccc(-n2nnn(C)c2=O)c1COc1cc(Cl)c(O)cc1Cl. The highest BCUT2D eigenvalue weighted by Gasteiger charge is 2.16. The maximum Gasteiger partial charge on any atom is 0.368 e. The molecule has 0 unspecified atom stereocenters. The second kappa shape index (κ2) is 7.61. The minimum Gasteiger partial charge on any atom is -0.506 e. The first-order chi connectivity index (χ1) is 12.4. The highest BCUT2D eigenvalue weighted by molar-refractivity contribution is 7.98. The van der Waals surface area contributed by atoms with Gasteiger partial charge < -0.3 is 9.84 Å². The molecule has 0 saturated carbocycles. The average Bonchev–Trinajstić information content (AvgIpc) is 2.95. The predicted molar refractivity (Wildman–Crippen MR) is 101 cm³/mol. The second-order valence-electron chi connectivity index (χ2n) is 5.28. The van der Waals surface area contributed by atoms with E-state index in [0.717, 1.165) is 15.1 Å². The molecule has 136 valence electrons. The van der Waals surface area contributed by atoms with Crippen molar-refractivity contribution in [3.63, 3.8) is 0 Å². The van der Waals surface area contributed by atoms with Crippen LogP contribution in [0.5, 0.6) is 11.5 Å². The Bertz CT molecular complexity index is 1020. The van der Waals surface area contributed by atoms with Crippen molar-refractivity contribution in [3.8, 4) is 17.2 Å². The zero-order valence-electron chi connectivity index (χ0n) is 13.8. The number of nitrogens with zero attached hydrogens (tertiary/aromatic N) is 4. The molecule has 3 rings (SSSR count). The highest BCUT2D eigenvalue weighted by atomic mass is 35.5. The summed E-state index contributed by atoms with van der Waals surface area (Å²) in [5.74, 6) is 0.197. The van der Waals surface area contributed by atoms with Gasteiger partial charge in [0.25, 0.3) is 0 Å². The molecule has 0 saturated heterocycles. The van der Waals surface area contributed by atoms with E-state index in [-0.39, 0.29) is 28.1 Å². The van der Waals surface area contributed by atoms with Crippen LogP contribution in [0.1, 0.15) is 5.56 Å². The molecule has 1 heterocycles. The third-order valence-electron chi connectivity index (χ3n) is 3.65. The summed E-state index contributed by atoms with van der Waals surface area (Å²) < 4.78 is 8.16. The first-order valence-electron chi connectivity index (χ1n) is 7.38. The van der Waals surface area contributed by atoms with Crippen molar-refractivity contribution in [3.05, 3.63) is 56.4 Å². The molecule has 0 bridgehead atoms. The molecule has 0 fully saturated rings. The number of phenolic OH excluding ortho intramolecular Hbond substituents is 1. The Balaban J connectivity index is 2.01. The fraction of sp³-hybridized carbons (Fsp3) is 0.188. The number of benzene rings is 2. The first-order valence-corrected chi connectivity index (χ1v) is 9.36. The molecular weight excluding hydrogens is 399 g/mol. The molecule has 0 aliphatic rings. The lowest BCUT2D eigenvalue weighted by molar-refractivity contribution is 0.302. The van der Waals surface area contributed by atoms with Crippen LogP contribution in [0.15, 0.2) is 40.0 Å². The van der Waals surface area contributed by atoms with Crippen molar-refractivity contribution >= 4 is 35.0 Å². The largest absolute Gasteiger partial charge is 0.506 e. The van der Waals surface area contributed by atoms with E-state index >= 15 is 0 Å². The molecule has 2 aromatic carbocycles. The second-order valence-corrected chi connectivity index (χ2v) is 6.94. The standard InChI is InChI=1S/C16H14Cl2N4O3S/c1-21-16(24)22(20-19-21)12-4-3-5-15(26-2)9(12)8-25-14-7-10(17)13(23)6-11(14)18/h3-7,23H,8H2,1-2H3. The van der Waals surface area contributed by atoms with Gasteiger partial charge in [0.15, 0.2) is 0 Å². The molecule has 1 N–H and O–H groups in total. The summed E-state index contributed by atoms with van der Waals surface area (Å²) in [5, 5.41) is 17.6. The summed E-state index contributed by atoms with van der Waals surface area (Å²) >= 11 is 13.5. The number of aryl methyl sites for hydroxylation is 1. The Morgan fingerprint density at radius 1 is 1.23 bits per heavy atom. The van der Waals surface area contributed by atoms with Crippen molar-refractivity contribution in [2.24, 2.45) is 7.05 Å². The highest BCUT2D eigenvalue weighted by Crippen LogP contribution is 2.36. The number of aromatic hydroxyl groups is 1. The number of aromatic nitrogens is 4. The fourth-order valence-electron chi connectivity index (χ4n) is 2.33. The van der Waals surface area contributed by atoms with E-state index in [0.29, 0.717) is 11.4 Å². The molecule has 0 amide bonds. The van der Waals surface area contributed by atoms with Gasteiger partial charge in [-0.2, -0.15) is 9.36 Å². The van der Waals surface area contributed by atoms with Crippen LogP contribution in [0, 0.1) is 0 Å². The quantitative estimate of drug-likeness (QED) is 0.647. The molecule has 0 radical (unpaired) electrons. The molecule has 7 nitrogen and oxygen atoms in total. The smallest absolute Gasteiger partial charge is 0.368 e. The van der Waals surface area contributed by atoms with Crippen molar-refractivity contribution < 1.29 is 9.84 Å². The van der Waals surface area contributed by atoms with Crippen LogP contribution in [0.3, 0.4) is 0 Å². The van der Waals surface area contributed by atoms with E-state index in [1.54, 1.807) is 6.07 Å².